The maximum atomic E-state index is 9.48. The lowest BCUT2D eigenvalue weighted by Gasteiger charge is -2.06. The van der Waals surface area contributed by atoms with Gasteiger partial charge in [0.05, 0.1) is 17.4 Å². The van der Waals surface area contributed by atoms with Gasteiger partial charge in [0.2, 0.25) is 0 Å². The first kappa shape index (κ1) is 7.86. The minimum atomic E-state index is 0.182. The second kappa shape index (κ2) is 2.94. The van der Waals surface area contributed by atoms with Gasteiger partial charge in [-0.1, -0.05) is 18.2 Å². The Balaban J connectivity index is 2.84. The van der Waals surface area contributed by atoms with E-state index in [1.807, 2.05) is 24.3 Å². The van der Waals surface area contributed by atoms with Gasteiger partial charge < -0.3 is 10.4 Å². The molecule has 0 aliphatic carbocycles. The van der Waals surface area contributed by atoms with Crippen LogP contribution in [0, 0.1) is 0 Å². The maximum absolute atomic E-state index is 9.48. The number of aromatic nitrogens is 1. The van der Waals surface area contributed by atoms with E-state index in [0.29, 0.717) is 0 Å². The third-order valence-electron chi connectivity index (χ3n) is 2.01. The summed E-state index contributed by atoms with van der Waals surface area (Å²) in [4.78, 5) is 4.10. The number of para-hydroxylation sites is 1. The van der Waals surface area contributed by atoms with Crippen LogP contribution in [0.25, 0.3) is 10.9 Å². The number of benzene rings is 1. The first-order valence-corrected chi connectivity index (χ1v) is 4.07. The van der Waals surface area contributed by atoms with Crippen molar-refractivity contribution < 1.29 is 5.11 Å². The lowest BCUT2D eigenvalue weighted by molar-refractivity contribution is 0.476. The van der Waals surface area contributed by atoms with E-state index in [0.717, 1.165) is 16.6 Å². The number of anilines is 1. The quantitative estimate of drug-likeness (QED) is 0.694. The fourth-order valence-electron chi connectivity index (χ4n) is 1.39. The highest BCUT2D eigenvalue weighted by Crippen LogP contribution is 2.29. The van der Waals surface area contributed by atoms with Gasteiger partial charge >= 0.3 is 0 Å². The van der Waals surface area contributed by atoms with E-state index < -0.39 is 0 Å². The molecule has 1 heterocycles. The van der Waals surface area contributed by atoms with Crippen LogP contribution >= 0.6 is 0 Å². The normalized spacial score (nSPS) is 10.2. The molecular formula is C10H10N2O. The maximum Gasteiger partial charge on any atom is 0.157 e. The van der Waals surface area contributed by atoms with Crippen LogP contribution < -0.4 is 5.32 Å². The largest absolute Gasteiger partial charge is 0.504 e. The van der Waals surface area contributed by atoms with Crippen LogP contribution in [-0.2, 0) is 0 Å². The summed E-state index contributed by atoms with van der Waals surface area (Å²) < 4.78 is 0. The smallest absolute Gasteiger partial charge is 0.157 e. The Kier molecular flexibility index (Phi) is 1.77. The summed E-state index contributed by atoms with van der Waals surface area (Å²) in [6.45, 7) is 0. The van der Waals surface area contributed by atoms with E-state index >= 15 is 0 Å². The second-order valence-electron chi connectivity index (χ2n) is 2.79. The number of hydrogen-bond donors (Lipinski definition) is 2. The number of nitrogens with zero attached hydrogens (tertiary/aromatic N) is 1. The predicted octanol–water partition coefficient (Wildman–Crippen LogP) is 1.98. The third-order valence-corrected chi connectivity index (χ3v) is 2.01. The molecule has 0 atom stereocenters. The van der Waals surface area contributed by atoms with E-state index in [1.165, 1.54) is 6.20 Å². The summed E-state index contributed by atoms with van der Waals surface area (Å²) in [5.74, 6) is 0.182. The highest BCUT2D eigenvalue weighted by atomic mass is 16.3. The third kappa shape index (κ3) is 1.18. The molecule has 0 saturated carbocycles. The van der Waals surface area contributed by atoms with Crippen molar-refractivity contribution in [3.63, 3.8) is 0 Å². The molecule has 3 heteroatoms. The molecule has 2 N–H and O–H groups in total. The molecule has 0 saturated heterocycles. The summed E-state index contributed by atoms with van der Waals surface area (Å²) in [6.07, 6.45) is 1.45. The zero-order valence-electron chi connectivity index (χ0n) is 7.28. The Morgan fingerprint density at radius 3 is 2.85 bits per heavy atom. The standard InChI is InChI=1S/C10H10N2O/c1-11-10-7-4-2-3-5-8(7)12-6-9(10)13/h2-6,13H,1H3,(H,11,12). The molecule has 1 aromatic heterocycles. The van der Waals surface area contributed by atoms with Crippen molar-refractivity contribution in [1.82, 2.24) is 4.98 Å². The number of rotatable bonds is 1. The number of nitrogens with one attached hydrogen (secondary N) is 1. The molecule has 0 aliphatic heterocycles. The van der Waals surface area contributed by atoms with E-state index in [4.69, 9.17) is 0 Å². The Labute approximate surface area is 76.0 Å². The molecule has 13 heavy (non-hydrogen) atoms. The molecule has 2 rings (SSSR count). The van der Waals surface area contributed by atoms with Crippen molar-refractivity contribution >= 4 is 16.6 Å². The Hall–Kier alpha value is -1.77. The van der Waals surface area contributed by atoms with Gasteiger partial charge in [0, 0.05) is 12.4 Å². The van der Waals surface area contributed by atoms with Crippen molar-refractivity contribution in [3.05, 3.63) is 30.5 Å². The number of hydrogen-bond acceptors (Lipinski definition) is 3. The van der Waals surface area contributed by atoms with Gasteiger partial charge in [0.1, 0.15) is 0 Å². The molecule has 1 aromatic carbocycles. The zero-order chi connectivity index (χ0) is 9.26. The second-order valence-corrected chi connectivity index (χ2v) is 2.79. The minimum absolute atomic E-state index is 0.182. The van der Waals surface area contributed by atoms with Gasteiger partial charge in [0.15, 0.2) is 5.75 Å². The summed E-state index contributed by atoms with van der Waals surface area (Å²) in [5.41, 5.74) is 1.61. The first-order chi connectivity index (χ1) is 6.33. The molecular weight excluding hydrogens is 164 g/mol. The molecule has 3 nitrogen and oxygen atoms in total. The van der Waals surface area contributed by atoms with E-state index in [-0.39, 0.29) is 5.75 Å². The van der Waals surface area contributed by atoms with Crippen LogP contribution in [0.2, 0.25) is 0 Å². The van der Waals surface area contributed by atoms with Crippen molar-refractivity contribution in [2.24, 2.45) is 0 Å². The molecule has 2 aromatic rings. The van der Waals surface area contributed by atoms with Crippen LogP contribution in [-0.4, -0.2) is 17.1 Å². The minimum Gasteiger partial charge on any atom is -0.504 e. The van der Waals surface area contributed by atoms with Gasteiger partial charge in [0.25, 0.3) is 0 Å². The van der Waals surface area contributed by atoms with Crippen LogP contribution in [0.1, 0.15) is 0 Å². The van der Waals surface area contributed by atoms with Gasteiger partial charge in [-0.3, -0.25) is 4.98 Å². The lowest BCUT2D eigenvalue weighted by Crippen LogP contribution is -1.91. The fourth-order valence-corrected chi connectivity index (χ4v) is 1.39. The fraction of sp³-hybridized carbons (Fsp3) is 0.100. The van der Waals surface area contributed by atoms with Crippen LogP contribution in [0.15, 0.2) is 30.5 Å². The van der Waals surface area contributed by atoms with E-state index in [9.17, 15) is 5.11 Å². The van der Waals surface area contributed by atoms with Crippen molar-refractivity contribution in [1.29, 1.82) is 0 Å². The monoisotopic (exact) mass is 174 g/mol. The van der Waals surface area contributed by atoms with Crippen molar-refractivity contribution in [2.45, 2.75) is 0 Å². The average Bonchev–Trinajstić information content (AvgIpc) is 2.18. The highest BCUT2D eigenvalue weighted by Gasteiger charge is 2.04. The van der Waals surface area contributed by atoms with Crippen LogP contribution in [0.4, 0.5) is 5.69 Å². The molecule has 0 fully saturated rings. The van der Waals surface area contributed by atoms with Gasteiger partial charge in [-0.25, -0.2) is 0 Å². The molecule has 0 spiro atoms. The molecule has 0 aliphatic rings. The number of fused-ring (bicyclic) bond motifs is 1. The van der Waals surface area contributed by atoms with E-state index in [1.54, 1.807) is 7.05 Å². The summed E-state index contributed by atoms with van der Waals surface area (Å²) in [6, 6.07) is 7.68. The molecule has 0 bridgehead atoms. The first-order valence-electron chi connectivity index (χ1n) is 4.07. The zero-order valence-corrected chi connectivity index (χ0v) is 7.28. The Morgan fingerprint density at radius 2 is 2.08 bits per heavy atom. The van der Waals surface area contributed by atoms with Crippen molar-refractivity contribution in [3.8, 4) is 5.75 Å². The molecule has 0 unspecified atom stereocenters. The summed E-state index contributed by atoms with van der Waals surface area (Å²) >= 11 is 0. The number of aromatic hydroxyl groups is 1. The van der Waals surface area contributed by atoms with Gasteiger partial charge in [-0.05, 0) is 6.07 Å². The van der Waals surface area contributed by atoms with Crippen LogP contribution in [0.3, 0.4) is 0 Å². The van der Waals surface area contributed by atoms with Crippen LogP contribution in [0.5, 0.6) is 5.75 Å². The van der Waals surface area contributed by atoms with E-state index in [2.05, 4.69) is 10.3 Å². The predicted molar refractivity (Wildman–Crippen MR) is 53.0 cm³/mol. The molecule has 0 radical (unpaired) electrons. The average molecular weight is 174 g/mol. The summed E-state index contributed by atoms with van der Waals surface area (Å²) in [7, 11) is 1.78. The molecule has 0 amide bonds. The Morgan fingerprint density at radius 1 is 1.31 bits per heavy atom. The topological polar surface area (TPSA) is 45.1 Å². The SMILES string of the molecule is CNc1c(O)cnc2ccccc12. The van der Waals surface area contributed by atoms with Gasteiger partial charge in [-0.2, -0.15) is 0 Å². The number of pyridine rings is 1. The summed E-state index contributed by atoms with van der Waals surface area (Å²) in [5, 5.41) is 13.4. The highest BCUT2D eigenvalue weighted by molar-refractivity contribution is 5.93. The van der Waals surface area contributed by atoms with Crippen molar-refractivity contribution in [2.75, 3.05) is 12.4 Å². The molecule has 66 valence electrons. The lowest BCUT2D eigenvalue weighted by atomic mass is 10.2. The Bertz CT molecular complexity index is 440. The van der Waals surface area contributed by atoms with Gasteiger partial charge in [-0.15, -0.1) is 0 Å².